The second kappa shape index (κ2) is 8.26. The molecule has 7 nitrogen and oxygen atoms in total. The zero-order chi connectivity index (χ0) is 20.5. The van der Waals surface area contributed by atoms with Crippen LogP contribution in [0, 0.1) is 0 Å². The van der Waals surface area contributed by atoms with Gasteiger partial charge in [0, 0.05) is 43.3 Å². The van der Waals surface area contributed by atoms with Crippen molar-refractivity contribution in [2.24, 2.45) is 5.73 Å². The number of aromatic nitrogens is 2. The van der Waals surface area contributed by atoms with Crippen LogP contribution in [0.3, 0.4) is 0 Å². The van der Waals surface area contributed by atoms with Crippen molar-refractivity contribution in [2.45, 2.75) is 31.3 Å². The Labute approximate surface area is 175 Å². The maximum Gasteiger partial charge on any atom is 0.231 e. The lowest BCUT2D eigenvalue weighted by molar-refractivity contribution is -0.132. The summed E-state index contributed by atoms with van der Waals surface area (Å²) in [6, 6.07) is 7.31. The molecule has 0 saturated carbocycles. The minimum absolute atomic E-state index is 0.0474. The Hall–Kier alpha value is -2.22. The Balaban J connectivity index is 1.46. The first-order chi connectivity index (χ1) is 14.0. The Morgan fingerprint density at radius 2 is 1.93 bits per heavy atom. The van der Waals surface area contributed by atoms with E-state index in [9.17, 15) is 9.90 Å². The third-order valence-corrected chi connectivity index (χ3v) is 6.23. The van der Waals surface area contributed by atoms with Gasteiger partial charge in [0.1, 0.15) is 12.1 Å². The number of halogens is 1. The van der Waals surface area contributed by atoms with Crippen molar-refractivity contribution in [2.75, 3.05) is 37.6 Å². The lowest BCUT2D eigenvalue weighted by Gasteiger charge is -2.37. The van der Waals surface area contributed by atoms with E-state index in [1.54, 1.807) is 12.1 Å². The van der Waals surface area contributed by atoms with E-state index in [0.717, 1.165) is 22.6 Å². The van der Waals surface area contributed by atoms with Gasteiger partial charge in [-0.15, -0.1) is 0 Å². The largest absolute Gasteiger partial charge is 0.387 e. The van der Waals surface area contributed by atoms with Crippen molar-refractivity contribution in [3.05, 3.63) is 52.4 Å². The van der Waals surface area contributed by atoms with Crippen LogP contribution in [0.1, 0.15) is 48.1 Å². The van der Waals surface area contributed by atoms with E-state index in [0.29, 0.717) is 37.6 Å². The summed E-state index contributed by atoms with van der Waals surface area (Å²) < 4.78 is 0. The molecule has 1 aromatic heterocycles. The van der Waals surface area contributed by atoms with Crippen LogP contribution in [0.5, 0.6) is 0 Å². The Morgan fingerprint density at radius 3 is 2.59 bits per heavy atom. The molecule has 2 aromatic rings. The standard InChI is InChI=1S/C21H26ClN5O2/c1-13-10-17(28)19-18(13)20(25-12-24-19)26-6-8-27(9-7-26)21(29)16(11-23)14-2-4-15(22)5-3-14/h2-5,12-13,16-17,28H,6-11,23H2,1H3/t13-,16?,17-/m1/s1. The minimum Gasteiger partial charge on any atom is -0.387 e. The quantitative estimate of drug-likeness (QED) is 0.793. The Morgan fingerprint density at radius 1 is 1.24 bits per heavy atom. The first kappa shape index (κ1) is 20.1. The first-order valence-electron chi connectivity index (χ1n) is 10.0. The Bertz CT molecular complexity index is 883. The first-order valence-corrected chi connectivity index (χ1v) is 10.4. The molecular weight excluding hydrogens is 390 g/mol. The van der Waals surface area contributed by atoms with Crippen LogP contribution in [0.2, 0.25) is 5.02 Å². The summed E-state index contributed by atoms with van der Waals surface area (Å²) in [4.78, 5) is 25.9. The van der Waals surface area contributed by atoms with Gasteiger partial charge in [-0.3, -0.25) is 4.79 Å². The molecular formula is C21H26ClN5O2. The van der Waals surface area contributed by atoms with Crippen molar-refractivity contribution in [1.29, 1.82) is 0 Å². The molecule has 0 spiro atoms. The summed E-state index contributed by atoms with van der Waals surface area (Å²) in [5.41, 5.74) is 8.60. The third kappa shape index (κ3) is 3.82. The average Bonchev–Trinajstić information content (AvgIpc) is 3.04. The van der Waals surface area contributed by atoms with Crippen LogP contribution in [-0.4, -0.2) is 58.6 Å². The van der Waals surface area contributed by atoms with Gasteiger partial charge in [0.05, 0.1) is 17.7 Å². The monoisotopic (exact) mass is 415 g/mol. The van der Waals surface area contributed by atoms with Crippen LogP contribution in [0.15, 0.2) is 30.6 Å². The number of carbonyl (C=O) groups is 1. The van der Waals surface area contributed by atoms with Crippen LogP contribution in [0.4, 0.5) is 5.82 Å². The number of rotatable bonds is 4. The Kier molecular flexibility index (Phi) is 5.72. The van der Waals surface area contributed by atoms with E-state index in [1.807, 2.05) is 17.0 Å². The predicted octanol–water partition coefficient (Wildman–Crippen LogP) is 2.06. The van der Waals surface area contributed by atoms with Crippen molar-refractivity contribution >= 4 is 23.3 Å². The van der Waals surface area contributed by atoms with Gasteiger partial charge in [0.25, 0.3) is 0 Å². The minimum atomic E-state index is -0.519. The number of nitrogens with two attached hydrogens (primary N) is 1. The van der Waals surface area contributed by atoms with Crippen molar-refractivity contribution in [3.63, 3.8) is 0 Å². The predicted molar refractivity (Wildman–Crippen MR) is 112 cm³/mol. The fourth-order valence-electron chi connectivity index (χ4n) is 4.39. The highest BCUT2D eigenvalue weighted by Gasteiger charge is 2.34. The van der Waals surface area contributed by atoms with Crippen molar-refractivity contribution in [1.82, 2.24) is 14.9 Å². The number of amides is 1. The van der Waals surface area contributed by atoms with Gasteiger partial charge in [0.2, 0.25) is 5.91 Å². The number of hydrogen-bond donors (Lipinski definition) is 2. The molecule has 29 heavy (non-hydrogen) atoms. The molecule has 2 heterocycles. The van der Waals surface area contributed by atoms with Gasteiger partial charge in [-0.2, -0.15) is 0 Å². The van der Waals surface area contributed by atoms with E-state index < -0.39 is 6.10 Å². The average molecular weight is 416 g/mol. The number of aliphatic hydroxyl groups is 1. The molecule has 4 rings (SSSR count). The molecule has 1 unspecified atom stereocenters. The lowest BCUT2D eigenvalue weighted by Crippen LogP contribution is -2.51. The van der Waals surface area contributed by atoms with E-state index in [2.05, 4.69) is 21.8 Å². The topological polar surface area (TPSA) is 95.6 Å². The molecule has 1 aromatic carbocycles. The molecule has 3 N–H and O–H groups in total. The van der Waals surface area contributed by atoms with Gasteiger partial charge < -0.3 is 20.6 Å². The number of fused-ring (bicyclic) bond motifs is 1. The molecule has 1 aliphatic heterocycles. The number of anilines is 1. The van der Waals surface area contributed by atoms with E-state index in [-0.39, 0.29) is 24.3 Å². The summed E-state index contributed by atoms with van der Waals surface area (Å²) in [6.45, 7) is 4.96. The molecule has 1 saturated heterocycles. The van der Waals surface area contributed by atoms with E-state index in [1.165, 1.54) is 6.33 Å². The zero-order valence-electron chi connectivity index (χ0n) is 16.5. The number of benzene rings is 1. The number of hydrogen-bond acceptors (Lipinski definition) is 6. The normalized spacial score (nSPS) is 22.5. The lowest BCUT2D eigenvalue weighted by atomic mass is 9.97. The molecule has 1 amide bonds. The molecule has 2 aliphatic rings. The number of nitrogens with zero attached hydrogens (tertiary/aromatic N) is 4. The molecule has 1 fully saturated rings. The van der Waals surface area contributed by atoms with E-state index >= 15 is 0 Å². The highest BCUT2D eigenvalue weighted by atomic mass is 35.5. The smallest absolute Gasteiger partial charge is 0.231 e. The van der Waals surface area contributed by atoms with Crippen LogP contribution in [-0.2, 0) is 4.79 Å². The molecule has 154 valence electrons. The number of piperazine rings is 1. The second-order valence-electron chi connectivity index (χ2n) is 7.80. The van der Waals surface area contributed by atoms with Crippen LogP contribution < -0.4 is 10.6 Å². The molecule has 0 radical (unpaired) electrons. The van der Waals surface area contributed by atoms with Gasteiger partial charge in [-0.1, -0.05) is 30.7 Å². The fraction of sp³-hybridized carbons (Fsp3) is 0.476. The SMILES string of the molecule is C[C@@H]1C[C@@H](O)c2ncnc(N3CCN(C(=O)C(CN)c4ccc(Cl)cc4)CC3)c21. The summed E-state index contributed by atoms with van der Waals surface area (Å²) in [7, 11) is 0. The molecule has 8 heteroatoms. The summed E-state index contributed by atoms with van der Waals surface area (Å²) in [5.74, 6) is 0.796. The van der Waals surface area contributed by atoms with Gasteiger partial charge in [-0.05, 0) is 30.0 Å². The molecule has 3 atom stereocenters. The number of carbonyl (C=O) groups excluding carboxylic acids is 1. The third-order valence-electron chi connectivity index (χ3n) is 5.98. The fourth-order valence-corrected chi connectivity index (χ4v) is 4.51. The molecule has 0 bridgehead atoms. The zero-order valence-corrected chi connectivity index (χ0v) is 17.2. The number of aliphatic hydroxyl groups excluding tert-OH is 1. The highest BCUT2D eigenvalue weighted by molar-refractivity contribution is 6.30. The summed E-state index contributed by atoms with van der Waals surface area (Å²) >= 11 is 5.96. The highest BCUT2D eigenvalue weighted by Crippen LogP contribution is 2.42. The summed E-state index contributed by atoms with van der Waals surface area (Å²) in [6.07, 6.45) is 1.69. The maximum absolute atomic E-state index is 13.1. The van der Waals surface area contributed by atoms with Crippen molar-refractivity contribution < 1.29 is 9.90 Å². The van der Waals surface area contributed by atoms with E-state index in [4.69, 9.17) is 17.3 Å². The molecule has 1 aliphatic carbocycles. The maximum atomic E-state index is 13.1. The van der Waals surface area contributed by atoms with Crippen LogP contribution in [0.25, 0.3) is 0 Å². The van der Waals surface area contributed by atoms with Gasteiger partial charge in [0.15, 0.2) is 0 Å². The van der Waals surface area contributed by atoms with Crippen LogP contribution >= 0.6 is 11.6 Å². The second-order valence-corrected chi connectivity index (χ2v) is 8.24. The van der Waals surface area contributed by atoms with Crippen molar-refractivity contribution in [3.8, 4) is 0 Å². The van der Waals surface area contributed by atoms with Gasteiger partial charge in [-0.25, -0.2) is 9.97 Å². The van der Waals surface area contributed by atoms with Gasteiger partial charge >= 0.3 is 0 Å². The summed E-state index contributed by atoms with van der Waals surface area (Å²) in [5, 5.41) is 10.9.